The van der Waals surface area contributed by atoms with Crippen LogP contribution >= 0.6 is 0 Å². The van der Waals surface area contributed by atoms with Gasteiger partial charge >= 0.3 is 0 Å². The van der Waals surface area contributed by atoms with E-state index in [0.29, 0.717) is 6.54 Å². The Kier molecular flexibility index (Phi) is 3.99. The molecule has 0 amide bonds. The number of imidazole rings is 1. The SMILES string of the molecule is CC(C)Oc1ccc(-c2cn(CCN)cn2)cc1. The first-order chi connectivity index (χ1) is 8.69. The summed E-state index contributed by atoms with van der Waals surface area (Å²) in [6.07, 6.45) is 4.01. The quantitative estimate of drug-likeness (QED) is 0.879. The van der Waals surface area contributed by atoms with Gasteiger partial charge in [0.2, 0.25) is 0 Å². The topological polar surface area (TPSA) is 53.1 Å². The molecule has 2 N–H and O–H groups in total. The van der Waals surface area contributed by atoms with Gasteiger partial charge in [0.15, 0.2) is 0 Å². The normalized spacial score (nSPS) is 10.9. The lowest BCUT2D eigenvalue weighted by atomic mass is 10.1. The molecule has 0 unspecified atom stereocenters. The average molecular weight is 245 g/mol. The van der Waals surface area contributed by atoms with Crippen molar-refractivity contribution in [3.63, 3.8) is 0 Å². The molecule has 4 nitrogen and oxygen atoms in total. The number of ether oxygens (including phenoxy) is 1. The van der Waals surface area contributed by atoms with E-state index in [-0.39, 0.29) is 6.10 Å². The summed E-state index contributed by atoms with van der Waals surface area (Å²) in [5, 5.41) is 0. The van der Waals surface area contributed by atoms with E-state index in [0.717, 1.165) is 23.6 Å². The zero-order valence-electron chi connectivity index (χ0n) is 10.8. The summed E-state index contributed by atoms with van der Waals surface area (Å²) in [7, 11) is 0. The van der Waals surface area contributed by atoms with E-state index in [2.05, 4.69) is 4.98 Å². The monoisotopic (exact) mass is 245 g/mol. The van der Waals surface area contributed by atoms with Crippen LogP contribution in [0.15, 0.2) is 36.8 Å². The van der Waals surface area contributed by atoms with Crippen molar-refractivity contribution in [2.75, 3.05) is 6.54 Å². The van der Waals surface area contributed by atoms with E-state index < -0.39 is 0 Å². The van der Waals surface area contributed by atoms with Gasteiger partial charge in [-0.1, -0.05) is 0 Å². The lowest BCUT2D eigenvalue weighted by Crippen LogP contribution is -2.07. The summed E-state index contributed by atoms with van der Waals surface area (Å²) in [5.41, 5.74) is 7.55. The Morgan fingerprint density at radius 1 is 1.28 bits per heavy atom. The molecule has 0 fully saturated rings. The number of aromatic nitrogens is 2. The summed E-state index contributed by atoms with van der Waals surface area (Å²) in [6, 6.07) is 7.98. The van der Waals surface area contributed by atoms with Crippen molar-refractivity contribution in [2.45, 2.75) is 26.5 Å². The second-order valence-electron chi connectivity index (χ2n) is 4.48. The lowest BCUT2D eigenvalue weighted by Gasteiger charge is -2.09. The van der Waals surface area contributed by atoms with E-state index in [1.54, 1.807) is 6.33 Å². The Bertz CT molecular complexity index is 488. The minimum atomic E-state index is 0.194. The summed E-state index contributed by atoms with van der Waals surface area (Å²) < 4.78 is 7.60. The predicted octanol–water partition coefficient (Wildman–Crippen LogP) is 2.30. The van der Waals surface area contributed by atoms with Crippen LogP contribution in [-0.4, -0.2) is 22.2 Å². The maximum absolute atomic E-state index is 5.61. The van der Waals surface area contributed by atoms with Crippen LogP contribution in [0.4, 0.5) is 0 Å². The minimum absolute atomic E-state index is 0.194. The molecule has 0 aliphatic rings. The van der Waals surface area contributed by atoms with Crippen LogP contribution < -0.4 is 10.5 Å². The molecule has 0 saturated heterocycles. The molecule has 4 heteroatoms. The third kappa shape index (κ3) is 3.11. The summed E-state index contributed by atoms with van der Waals surface area (Å²) in [6.45, 7) is 5.45. The van der Waals surface area contributed by atoms with Gasteiger partial charge in [-0.2, -0.15) is 0 Å². The van der Waals surface area contributed by atoms with E-state index >= 15 is 0 Å². The average Bonchev–Trinajstić information content (AvgIpc) is 2.78. The Morgan fingerprint density at radius 2 is 2.00 bits per heavy atom. The predicted molar refractivity (Wildman–Crippen MR) is 72.5 cm³/mol. The van der Waals surface area contributed by atoms with Crippen molar-refractivity contribution in [3.8, 4) is 17.0 Å². The van der Waals surface area contributed by atoms with Gasteiger partial charge in [0.1, 0.15) is 5.75 Å². The first kappa shape index (κ1) is 12.6. The second kappa shape index (κ2) is 5.69. The fourth-order valence-corrected chi connectivity index (χ4v) is 1.76. The molecule has 2 aromatic rings. The van der Waals surface area contributed by atoms with Crippen LogP contribution in [0, 0.1) is 0 Å². The highest BCUT2D eigenvalue weighted by atomic mass is 16.5. The van der Waals surface area contributed by atoms with Crippen molar-refractivity contribution >= 4 is 0 Å². The van der Waals surface area contributed by atoms with Crippen molar-refractivity contribution < 1.29 is 4.74 Å². The van der Waals surface area contributed by atoms with Crippen LogP contribution in [-0.2, 0) is 6.54 Å². The van der Waals surface area contributed by atoms with Gasteiger partial charge in [0.05, 0.1) is 18.1 Å². The Balaban J connectivity index is 2.12. The van der Waals surface area contributed by atoms with Gasteiger partial charge in [-0.3, -0.25) is 0 Å². The van der Waals surface area contributed by atoms with E-state index in [4.69, 9.17) is 10.5 Å². The minimum Gasteiger partial charge on any atom is -0.491 e. The van der Waals surface area contributed by atoms with Gasteiger partial charge in [0.25, 0.3) is 0 Å². The number of hydrogen-bond donors (Lipinski definition) is 1. The molecule has 0 atom stereocenters. The molecule has 1 aromatic heterocycles. The molecule has 0 radical (unpaired) electrons. The van der Waals surface area contributed by atoms with Crippen molar-refractivity contribution in [1.29, 1.82) is 0 Å². The maximum Gasteiger partial charge on any atom is 0.119 e. The van der Waals surface area contributed by atoms with Crippen LogP contribution in [0.1, 0.15) is 13.8 Å². The largest absolute Gasteiger partial charge is 0.491 e. The molecular weight excluding hydrogens is 226 g/mol. The molecule has 18 heavy (non-hydrogen) atoms. The highest BCUT2D eigenvalue weighted by molar-refractivity contribution is 5.59. The molecular formula is C14H19N3O. The highest BCUT2D eigenvalue weighted by Crippen LogP contribution is 2.21. The number of benzene rings is 1. The Labute approximate surface area is 107 Å². The van der Waals surface area contributed by atoms with Gasteiger partial charge < -0.3 is 15.0 Å². The van der Waals surface area contributed by atoms with E-state index in [1.807, 2.05) is 48.9 Å². The molecule has 0 aliphatic heterocycles. The molecule has 0 spiro atoms. The number of nitrogens with two attached hydrogens (primary N) is 1. The van der Waals surface area contributed by atoms with E-state index in [9.17, 15) is 0 Å². The number of rotatable bonds is 5. The van der Waals surface area contributed by atoms with Gasteiger partial charge in [-0.25, -0.2) is 4.98 Å². The number of nitrogens with zero attached hydrogens (tertiary/aromatic N) is 2. The third-order valence-electron chi connectivity index (χ3n) is 2.54. The maximum atomic E-state index is 5.61. The van der Waals surface area contributed by atoms with E-state index in [1.165, 1.54) is 0 Å². The second-order valence-corrected chi connectivity index (χ2v) is 4.48. The van der Waals surface area contributed by atoms with Crippen molar-refractivity contribution in [3.05, 3.63) is 36.8 Å². The molecule has 0 aliphatic carbocycles. The molecule has 0 saturated carbocycles. The Hall–Kier alpha value is -1.81. The zero-order chi connectivity index (χ0) is 13.0. The first-order valence-corrected chi connectivity index (χ1v) is 6.18. The molecule has 1 aromatic carbocycles. The van der Waals surface area contributed by atoms with Crippen LogP contribution in [0.3, 0.4) is 0 Å². The third-order valence-corrected chi connectivity index (χ3v) is 2.54. The molecule has 96 valence electrons. The number of hydrogen-bond acceptors (Lipinski definition) is 3. The van der Waals surface area contributed by atoms with Crippen molar-refractivity contribution in [2.24, 2.45) is 5.73 Å². The summed E-state index contributed by atoms with van der Waals surface area (Å²) in [5.74, 6) is 0.884. The van der Waals surface area contributed by atoms with Gasteiger partial charge in [-0.15, -0.1) is 0 Å². The standard InChI is InChI=1S/C14H19N3O/c1-11(2)18-13-5-3-12(4-6-13)14-9-17(8-7-15)10-16-14/h3-6,9-11H,7-8,15H2,1-2H3. The van der Waals surface area contributed by atoms with Crippen LogP contribution in [0.5, 0.6) is 5.75 Å². The molecule has 0 bridgehead atoms. The van der Waals surface area contributed by atoms with Gasteiger partial charge in [-0.05, 0) is 38.1 Å². The molecule has 2 rings (SSSR count). The highest BCUT2D eigenvalue weighted by Gasteiger charge is 2.03. The summed E-state index contributed by atoms with van der Waals surface area (Å²) in [4.78, 5) is 4.36. The summed E-state index contributed by atoms with van der Waals surface area (Å²) >= 11 is 0. The fourth-order valence-electron chi connectivity index (χ4n) is 1.76. The first-order valence-electron chi connectivity index (χ1n) is 6.18. The fraction of sp³-hybridized carbons (Fsp3) is 0.357. The molecule has 1 heterocycles. The lowest BCUT2D eigenvalue weighted by molar-refractivity contribution is 0.242. The van der Waals surface area contributed by atoms with Crippen LogP contribution in [0.25, 0.3) is 11.3 Å². The van der Waals surface area contributed by atoms with Crippen molar-refractivity contribution in [1.82, 2.24) is 9.55 Å². The smallest absolute Gasteiger partial charge is 0.119 e. The Morgan fingerprint density at radius 3 is 2.61 bits per heavy atom. The van der Waals surface area contributed by atoms with Crippen LogP contribution in [0.2, 0.25) is 0 Å². The zero-order valence-corrected chi connectivity index (χ0v) is 10.8. The van der Waals surface area contributed by atoms with Gasteiger partial charge in [0, 0.05) is 24.8 Å².